The van der Waals surface area contributed by atoms with Crippen LogP contribution in [0.2, 0.25) is 0 Å². The van der Waals surface area contributed by atoms with Crippen molar-refractivity contribution in [3.63, 3.8) is 0 Å². The van der Waals surface area contributed by atoms with Gasteiger partial charge in [0, 0.05) is 18.5 Å². The lowest BCUT2D eigenvalue weighted by atomic mass is 10.1. The van der Waals surface area contributed by atoms with Crippen LogP contribution < -0.4 is 5.32 Å². The molecule has 112 valence electrons. The minimum Gasteiger partial charge on any atom is -0.349 e. The first-order chi connectivity index (χ1) is 10.1. The summed E-state index contributed by atoms with van der Waals surface area (Å²) in [5, 5.41) is 4.00. The maximum Gasteiger partial charge on any atom is 0.269 e. The Labute approximate surface area is 126 Å². The summed E-state index contributed by atoms with van der Waals surface area (Å²) in [5.74, 6) is -0.107. The van der Waals surface area contributed by atoms with Crippen LogP contribution in [0.15, 0.2) is 30.3 Å². The Kier molecular flexibility index (Phi) is 5.28. The molecule has 1 amide bonds. The topological polar surface area (TPSA) is 45.2 Å². The second-order valence-corrected chi connectivity index (χ2v) is 5.18. The Morgan fingerprint density at radius 3 is 2.67 bits per heavy atom. The molecule has 2 rings (SSSR count). The standard InChI is InChI=1S/C17H23N3O/c1-4-20(5-2)11-10-18-17(21)16-9-7-14-12-13(3)6-8-15(14)19-16/h6-9,12H,4-5,10-11H2,1-3H3,(H,18,21). The molecule has 0 saturated carbocycles. The van der Waals surface area contributed by atoms with E-state index in [-0.39, 0.29) is 5.91 Å². The molecule has 0 saturated heterocycles. The Morgan fingerprint density at radius 1 is 1.19 bits per heavy atom. The molecule has 0 aliphatic rings. The van der Waals surface area contributed by atoms with E-state index in [9.17, 15) is 4.79 Å². The van der Waals surface area contributed by atoms with Crippen LogP contribution in [0, 0.1) is 6.92 Å². The van der Waals surface area contributed by atoms with Crippen molar-refractivity contribution in [1.29, 1.82) is 0 Å². The summed E-state index contributed by atoms with van der Waals surface area (Å²) >= 11 is 0. The van der Waals surface area contributed by atoms with Crippen molar-refractivity contribution in [1.82, 2.24) is 15.2 Å². The van der Waals surface area contributed by atoms with Crippen LogP contribution in [0.4, 0.5) is 0 Å². The van der Waals surface area contributed by atoms with Crippen LogP contribution in [-0.4, -0.2) is 42.0 Å². The lowest BCUT2D eigenvalue weighted by Gasteiger charge is -2.17. The highest BCUT2D eigenvalue weighted by atomic mass is 16.1. The molecule has 1 aromatic heterocycles. The first kappa shape index (κ1) is 15.4. The van der Waals surface area contributed by atoms with Gasteiger partial charge in [-0.05, 0) is 38.2 Å². The fraction of sp³-hybridized carbons (Fsp3) is 0.412. The number of benzene rings is 1. The number of aryl methyl sites for hydroxylation is 1. The van der Waals surface area contributed by atoms with Crippen LogP contribution in [0.1, 0.15) is 29.9 Å². The number of hydrogen-bond donors (Lipinski definition) is 1. The highest BCUT2D eigenvalue weighted by Crippen LogP contribution is 2.14. The first-order valence-electron chi connectivity index (χ1n) is 7.52. The van der Waals surface area contributed by atoms with Crippen molar-refractivity contribution in [2.45, 2.75) is 20.8 Å². The SMILES string of the molecule is CCN(CC)CCNC(=O)c1ccc2cc(C)ccc2n1. The smallest absolute Gasteiger partial charge is 0.269 e. The van der Waals surface area contributed by atoms with Crippen molar-refractivity contribution in [2.75, 3.05) is 26.2 Å². The number of amides is 1. The Balaban J connectivity index is 2.01. The summed E-state index contributed by atoms with van der Waals surface area (Å²) in [4.78, 5) is 18.8. The van der Waals surface area contributed by atoms with E-state index in [4.69, 9.17) is 0 Å². The van der Waals surface area contributed by atoms with Crippen LogP contribution in [0.25, 0.3) is 10.9 Å². The number of likely N-dealkylation sites (N-methyl/N-ethyl adjacent to an activating group) is 1. The fourth-order valence-electron chi connectivity index (χ4n) is 2.33. The minimum absolute atomic E-state index is 0.107. The van der Waals surface area contributed by atoms with Crippen molar-refractivity contribution < 1.29 is 4.79 Å². The average Bonchev–Trinajstić information content (AvgIpc) is 2.50. The zero-order chi connectivity index (χ0) is 15.2. The molecule has 1 aromatic carbocycles. The molecule has 0 aliphatic heterocycles. The molecule has 1 N–H and O–H groups in total. The molecule has 4 heteroatoms. The zero-order valence-electron chi connectivity index (χ0n) is 13.0. The second-order valence-electron chi connectivity index (χ2n) is 5.18. The molecule has 21 heavy (non-hydrogen) atoms. The summed E-state index contributed by atoms with van der Waals surface area (Å²) in [6.45, 7) is 9.81. The Bertz CT molecular complexity index is 620. The van der Waals surface area contributed by atoms with E-state index >= 15 is 0 Å². The molecule has 0 atom stereocenters. The predicted molar refractivity (Wildman–Crippen MR) is 86.6 cm³/mol. The number of pyridine rings is 1. The number of fused-ring (bicyclic) bond motifs is 1. The van der Waals surface area contributed by atoms with E-state index in [0.29, 0.717) is 12.2 Å². The Morgan fingerprint density at radius 2 is 1.95 bits per heavy atom. The van der Waals surface area contributed by atoms with Crippen LogP contribution in [0.3, 0.4) is 0 Å². The van der Waals surface area contributed by atoms with E-state index in [1.165, 1.54) is 5.56 Å². The van der Waals surface area contributed by atoms with Crippen molar-refractivity contribution in [3.05, 3.63) is 41.6 Å². The van der Waals surface area contributed by atoms with Gasteiger partial charge in [-0.2, -0.15) is 0 Å². The number of carbonyl (C=O) groups excluding carboxylic acids is 1. The number of carbonyl (C=O) groups is 1. The fourth-order valence-corrected chi connectivity index (χ4v) is 2.33. The van der Waals surface area contributed by atoms with E-state index in [1.54, 1.807) is 6.07 Å². The lowest BCUT2D eigenvalue weighted by Crippen LogP contribution is -2.35. The molecule has 1 heterocycles. The molecule has 0 radical (unpaired) electrons. The van der Waals surface area contributed by atoms with Crippen LogP contribution >= 0.6 is 0 Å². The third-order valence-corrected chi connectivity index (χ3v) is 3.69. The van der Waals surface area contributed by atoms with Gasteiger partial charge in [-0.25, -0.2) is 4.98 Å². The highest BCUT2D eigenvalue weighted by Gasteiger charge is 2.08. The predicted octanol–water partition coefficient (Wildman–Crippen LogP) is 2.61. The molecule has 0 aliphatic carbocycles. The third kappa shape index (κ3) is 4.02. The van der Waals surface area contributed by atoms with E-state index in [0.717, 1.165) is 30.5 Å². The van der Waals surface area contributed by atoms with Gasteiger partial charge in [-0.15, -0.1) is 0 Å². The van der Waals surface area contributed by atoms with Gasteiger partial charge in [0.25, 0.3) is 5.91 Å². The molecule has 0 unspecified atom stereocenters. The summed E-state index contributed by atoms with van der Waals surface area (Å²) in [6.07, 6.45) is 0. The number of hydrogen-bond acceptors (Lipinski definition) is 3. The highest BCUT2D eigenvalue weighted by molar-refractivity contribution is 5.94. The van der Waals surface area contributed by atoms with E-state index in [2.05, 4.69) is 35.1 Å². The maximum absolute atomic E-state index is 12.1. The van der Waals surface area contributed by atoms with Gasteiger partial charge in [0.15, 0.2) is 0 Å². The Hall–Kier alpha value is -1.94. The van der Waals surface area contributed by atoms with Gasteiger partial charge in [0.05, 0.1) is 5.52 Å². The number of aromatic nitrogens is 1. The van der Waals surface area contributed by atoms with Crippen molar-refractivity contribution >= 4 is 16.8 Å². The van der Waals surface area contributed by atoms with Gasteiger partial charge >= 0.3 is 0 Å². The molecular weight excluding hydrogens is 262 g/mol. The van der Waals surface area contributed by atoms with E-state index in [1.807, 2.05) is 25.1 Å². The largest absolute Gasteiger partial charge is 0.349 e. The summed E-state index contributed by atoms with van der Waals surface area (Å²) in [6, 6.07) is 9.78. The summed E-state index contributed by atoms with van der Waals surface area (Å²) in [7, 11) is 0. The van der Waals surface area contributed by atoms with Crippen molar-refractivity contribution in [2.24, 2.45) is 0 Å². The van der Waals surface area contributed by atoms with Gasteiger partial charge in [-0.1, -0.05) is 31.5 Å². The second kappa shape index (κ2) is 7.18. The number of nitrogens with zero attached hydrogens (tertiary/aromatic N) is 2. The van der Waals surface area contributed by atoms with Crippen molar-refractivity contribution in [3.8, 4) is 0 Å². The molecule has 0 spiro atoms. The van der Waals surface area contributed by atoms with Gasteiger partial charge < -0.3 is 10.2 Å². The summed E-state index contributed by atoms with van der Waals surface area (Å²) < 4.78 is 0. The van der Waals surface area contributed by atoms with Gasteiger partial charge in [0.2, 0.25) is 0 Å². The molecule has 0 fully saturated rings. The van der Waals surface area contributed by atoms with Gasteiger partial charge in [0.1, 0.15) is 5.69 Å². The molecule has 2 aromatic rings. The van der Waals surface area contributed by atoms with Crippen LogP contribution in [0.5, 0.6) is 0 Å². The third-order valence-electron chi connectivity index (χ3n) is 3.69. The monoisotopic (exact) mass is 285 g/mol. The molecular formula is C17H23N3O. The average molecular weight is 285 g/mol. The number of nitrogens with one attached hydrogen (secondary N) is 1. The first-order valence-corrected chi connectivity index (χ1v) is 7.52. The molecule has 0 bridgehead atoms. The number of rotatable bonds is 6. The molecule has 4 nitrogen and oxygen atoms in total. The quantitative estimate of drug-likeness (QED) is 0.887. The van der Waals surface area contributed by atoms with E-state index < -0.39 is 0 Å². The normalized spacial score (nSPS) is 11.0. The summed E-state index contributed by atoms with van der Waals surface area (Å²) in [5.41, 5.74) is 2.53. The minimum atomic E-state index is -0.107. The lowest BCUT2D eigenvalue weighted by molar-refractivity contribution is 0.0944. The van der Waals surface area contributed by atoms with Gasteiger partial charge in [-0.3, -0.25) is 4.79 Å². The maximum atomic E-state index is 12.1. The zero-order valence-corrected chi connectivity index (χ0v) is 13.0. The van der Waals surface area contributed by atoms with Crippen LogP contribution in [-0.2, 0) is 0 Å².